The Balaban J connectivity index is 1.28. The van der Waals surface area contributed by atoms with Crippen molar-refractivity contribution >= 4 is 22.9 Å². The van der Waals surface area contributed by atoms with E-state index in [-0.39, 0.29) is 5.91 Å². The lowest BCUT2D eigenvalue weighted by atomic mass is 10.2. The molecule has 0 saturated carbocycles. The monoisotopic (exact) mass is 459 g/mol. The molecule has 0 radical (unpaired) electrons. The number of hydrogen-bond donors (Lipinski definition) is 0. The third kappa shape index (κ3) is 4.21. The third-order valence-electron chi connectivity index (χ3n) is 5.83. The summed E-state index contributed by atoms with van der Waals surface area (Å²) in [5.74, 6) is 2.14. The standard InChI is InChI=1S/C24H25N7O3/c1-17(34-20-6-4-3-5-7-20)24(32)30-14-12-29(13-15-30)22-21-23(26-16-25-22)31(28-27-21)18-8-10-19(33-2)11-9-18/h3-11,16-17H,12-15H2,1-2H3/t17-/m1/s1. The van der Waals surface area contributed by atoms with Crippen molar-refractivity contribution in [2.45, 2.75) is 13.0 Å². The van der Waals surface area contributed by atoms with Gasteiger partial charge >= 0.3 is 0 Å². The van der Waals surface area contributed by atoms with Crippen molar-refractivity contribution < 1.29 is 14.3 Å². The Morgan fingerprint density at radius 3 is 2.38 bits per heavy atom. The number of para-hydroxylation sites is 1. The molecule has 1 amide bonds. The van der Waals surface area contributed by atoms with Crippen molar-refractivity contribution in [1.29, 1.82) is 0 Å². The van der Waals surface area contributed by atoms with E-state index in [1.807, 2.05) is 59.5 Å². The largest absolute Gasteiger partial charge is 0.497 e. The summed E-state index contributed by atoms with van der Waals surface area (Å²) in [6, 6.07) is 16.9. The maximum absolute atomic E-state index is 12.9. The normalized spacial score (nSPS) is 14.8. The van der Waals surface area contributed by atoms with Crippen LogP contribution in [0.15, 0.2) is 60.9 Å². The van der Waals surface area contributed by atoms with Gasteiger partial charge in [-0.3, -0.25) is 4.79 Å². The molecule has 2 aromatic heterocycles. The second-order valence-corrected chi connectivity index (χ2v) is 7.95. The minimum atomic E-state index is -0.552. The van der Waals surface area contributed by atoms with Crippen LogP contribution in [0.4, 0.5) is 5.82 Å². The highest BCUT2D eigenvalue weighted by atomic mass is 16.5. The highest BCUT2D eigenvalue weighted by Crippen LogP contribution is 2.24. The smallest absolute Gasteiger partial charge is 0.263 e. The number of nitrogens with zero attached hydrogens (tertiary/aromatic N) is 7. The van der Waals surface area contributed by atoms with E-state index in [2.05, 4.69) is 25.2 Å². The zero-order valence-electron chi connectivity index (χ0n) is 19.0. The summed E-state index contributed by atoms with van der Waals surface area (Å²) in [6.07, 6.45) is 0.970. The van der Waals surface area contributed by atoms with Gasteiger partial charge in [0.25, 0.3) is 5.91 Å². The van der Waals surface area contributed by atoms with E-state index in [4.69, 9.17) is 9.47 Å². The molecule has 0 bridgehead atoms. The number of amides is 1. The van der Waals surface area contributed by atoms with Crippen LogP contribution in [0, 0.1) is 0 Å². The fraction of sp³-hybridized carbons (Fsp3) is 0.292. The zero-order chi connectivity index (χ0) is 23.5. The third-order valence-corrected chi connectivity index (χ3v) is 5.83. The quantitative estimate of drug-likeness (QED) is 0.433. The molecule has 1 saturated heterocycles. The average molecular weight is 460 g/mol. The molecule has 1 atom stereocenters. The number of benzene rings is 2. The van der Waals surface area contributed by atoms with E-state index in [1.165, 1.54) is 6.33 Å². The van der Waals surface area contributed by atoms with Crippen LogP contribution < -0.4 is 14.4 Å². The van der Waals surface area contributed by atoms with E-state index < -0.39 is 6.10 Å². The van der Waals surface area contributed by atoms with E-state index in [9.17, 15) is 4.79 Å². The van der Waals surface area contributed by atoms with Gasteiger partial charge in [-0.25, -0.2) is 9.97 Å². The highest BCUT2D eigenvalue weighted by Gasteiger charge is 2.28. The number of piperazine rings is 1. The Hall–Kier alpha value is -4.21. The topological polar surface area (TPSA) is 98.5 Å². The SMILES string of the molecule is COc1ccc(-n2nnc3c(N4CCN(C(=O)[C@@H](C)Oc5ccccc5)CC4)ncnc32)cc1. The molecule has 0 spiro atoms. The minimum absolute atomic E-state index is 0.0261. The molecule has 0 N–H and O–H groups in total. The molecule has 1 aliphatic heterocycles. The maximum Gasteiger partial charge on any atom is 0.263 e. The molecule has 34 heavy (non-hydrogen) atoms. The van der Waals surface area contributed by atoms with Crippen LogP contribution >= 0.6 is 0 Å². The number of rotatable bonds is 6. The summed E-state index contributed by atoms with van der Waals surface area (Å²) in [7, 11) is 1.63. The number of fused-ring (bicyclic) bond motifs is 1. The van der Waals surface area contributed by atoms with Crippen LogP contribution in [0.25, 0.3) is 16.9 Å². The fourth-order valence-corrected chi connectivity index (χ4v) is 4.01. The lowest BCUT2D eigenvalue weighted by Gasteiger charge is -2.36. The predicted octanol–water partition coefficient (Wildman–Crippen LogP) is 2.34. The Morgan fingerprint density at radius 1 is 0.941 bits per heavy atom. The Morgan fingerprint density at radius 2 is 1.68 bits per heavy atom. The van der Waals surface area contributed by atoms with Gasteiger partial charge < -0.3 is 19.3 Å². The summed E-state index contributed by atoms with van der Waals surface area (Å²) in [6.45, 7) is 4.18. The molecule has 0 aliphatic carbocycles. The first-order valence-electron chi connectivity index (χ1n) is 11.1. The first kappa shape index (κ1) is 21.6. The molecule has 10 nitrogen and oxygen atoms in total. The van der Waals surface area contributed by atoms with Crippen LogP contribution in [0.5, 0.6) is 11.5 Å². The number of ether oxygens (including phenoxy) is 2. The molecule has 0 unspecified atom stereocenters. The summed E-state index contributed by atoms with van der Waals surface area (Å²) in [4.78, 5) is 25.7. The van der Waals surface area contributed by atoms with Crippen LogP contribution in [0.1, 0.15) is 6.92 Å². The molecular formula is C24H25N7O3. The number of anilines is 1. The van der Waals surface area contributed by atoms with Gasteiger partial charge in [0.1, 0.15) is 17.8 Å². The van der Waals surface area contributed by atoms with Gasteiger partial charge in [-0.05, 0) is 43.3 Å². The number of carbonyl (C=O) groups excluding carboxylic acids is 1. The number of carbonyl (C=O) groups is 1. The van der Waals surface area contributed by atoms with Crippen LogP contribution in [-0.4, -0.2) is 75.2 Å². The van der Waals surface area contributed by atoms with Crippen molar-refractivity contribution in [2.24, 2.45) is 0 Å². The molecule has 1 fully saturated rings. The molecule has 4 aromatic rings. The van der Waals surface area contributed by atoms with Crippen LogP contribution in [0.3, 0.4) is 0 Å². The van der Waals surface area contributed by atoms with E-state index in [0.717, 1.165) is 11.4 Å². The molecule has 5 rings (SSSR count). The Kier molecular flexibility index (Phi) is 5.94. The molecule has 1 aliphatic rings. The van der Waals surface area contributed by atoms with Gasteiger partial charge in [0.15, 0.2) is 23.1 Å². The highest BCUT2D eigenvalue weighted by molar-refractivity contribution is 5.84. The van der Waals surface area contributed by atoms with Crippen molar-refractivity contribution in [3.8, 4) is 17.2 Å². The average Bonchev–Trinajstić information content (AvgIpc) is 3.33. The van der Waals surface area contributed by atoms with Gasteiger partial charge in [-0.15, -0.1) is 5.10 Å². The molecule has 3 heterocycles. The minimum Gasteiger partial charge on any atom is -0.497 e. The summed E-state index contributed by atoms with van der Waals surface area (Å²) in [5, 5.41) is 8.65. The lowest BCUT2D eigenvalue weighted by Crippen LogP contribution is -2.52. The van der Waals surface area contributed by atoms with Gasteiger partial charge in [0.05, 0.1) is 12.8 Å². The second-order valence-electron chi connectivity index (χ2n) is 7.95. The van der Waals surface area contributed by atoms with Gasteiger partial charge in [-0.1, -0.05) is 23.4 Å². The van der Waals surface area contributed by atoms with Crippen LogP contribution in [0.2, 0.25) is 0 Å². The van der Waals surface area contributed by atoms with Crippen molar-refractivity contribution in [3.63, 3.8) is 0 Å². The van der Waals surface area contributed by atoms with Crippen molar-refractivity contribution in [3.05, 3.63) is 60.9 Å². The van der Waals surface area contributed by atoms with Crippen molar-refractivity contribution in [2.75, 3.05) is 38.2 Å². The molecular weight excluding hydrogens is 434 g/mol. The molecule has 174 valence electrons. The van der Waals surface area contributed by atoms with E-state index in [1.54, 1.807) is 18.7 Å². The second kappa shape index (κ2) is 9.34. The van der Waals surface area contributed by atoms with E-state index in [0.29, 0.717) is 48.9 Å². The van der Waals surface area contributed by atoms with Crippen molar-refractivity contribution in [1.82, 2.24) is 29.9 Å². The first-order chi connectivity index (χ1) is 16.6. The number of hydrogen-bond acceptors (Lipinski definition) is 8. The molecule has 10 heteroatoms. The summed E-state index contributed by atoms with van der Waals surface area (Å²) < 4.78 is 12.7. The van der Waals surface area contributed by atoms with E-state index >= 15 is 0 Å². The maximum atomic E-state index is 12.9. The van der Waals surface area contributed by atoms with Gasteiger partial charge in [0, 0.05) is 26.2 Å². The molecule has 2 aromatic carbocycles. The number of methoxy groups -OCH3 is 1. The van der Waals surface area contributed by atoms with Gasteiger partial charge in [0.2, 0.25) is 0 Å². The lowest BCUT2D eigenvalue weighted by molar-refractivity contribution is -0.138. The Bertz CT molecular complexity index is 1270. The Labute approximate surface area is 196 Å². The fourth-order valence-electron chi connectivity index (χ4n) is 4.01. The van der Waals surface area contributed by atoms with Crippen LogP contribution in [-0.2, 0) is 4.79 Å². The summed E-state index contributed by atoms with van der Waals surface area (Å²) >= 11 is 0. The number of aromatic nitrogens is 5. The zero-order valence-corrected chi connectivity index (χ0v) is 19.0. The predicted molar refractivity (Wildman–Crippen MR) is 126 cm³/mol. The summed E-state index contributed by atoms with van der Waals surface area (Å²) in [5.41, 5.74) is 2.08. The first-order valence-corrected chi connectivity index (χ1v) is 11.1. The van der Waals surface area contributed by atoms with Gasteiger partial charge in [-0.2, -0.15) is 4.68 Å².